The molecule has 3 aromatic carbocycles. The number of hydrogen-bond donors (Lipinski definition) is 2. The van der Waals surface area contributed by atoms with Gasteiger partial charge in [0.25, 0.3) is 0 Å². The molecule has 0 bridgehead atoms. The largest absolute Gasteiger partial charge is 0.493 e. The van der Waals surface area contributed by atoms with Gasteiger partial charge in [-0.1, -0.05) is 60.7 Å². The zero-order valence-electron chi connectivity index (χ0n) is 23.4. The van der Waals surface area contributed by atoms with Crippen molar-refractivity contribution in [2.24, 2.45) is 0 Å². The van der Waals surface area contributed by atoms with E-state index in [-0.39, 0.29) is 38.8 Å². The van der Waals surface area contributed by atoms with Crippen molar-refractivity contribution in [2.45, 2.75) is 51.4 Å². The van der Waals surface area contributed by atoms with E-state index in [1.807, 2.05) is 57.2 Å². The van der Waals surface area contributed by atoms with Crippen molar-refractivity contribution in [3.8, 4) is 16.9 Å². The Morgan fingerprint density at radius 2 is 1.49 bits per heavy atom. The lowest BCUT2D eigenvalue weighted by molar-refractivity contribution is -0.150. The molecule has 216 valence electrons. The predicted molar refractivity (Wildman–Crippen MR) is 152 cm³/mol. The first-order valence-corrected chi connectivity index (χ1v) is 13.5. The lowest BCUT2D eigenvalue weighted by Crippen LogP contribution is -2.46. The first-order chi connectivity index (χ1) is 19.6. The molecule has 4 rings (SSSR count). The third kappa shape index (κ3) is 8.31. The molecule has 9 heteroatoms. The number of rotatable bonds is 12. The number of nitrogens with one attached hydrogen (secondary N) is 1. The molecule has 41 heavy (non-hydrogen) atoms. The third-order valence-corrected chi connectivity index (χ3v) is 6.49. The molecular formula is C32H35NO8. The van der Waals surface area contributed by atoms with E-state index in [9.17, 15) is 14.4 Å². The van der Waals surface area contributed by atoms with Gasteiger partial charge in [0, 0.05) is 5.92 Å². The van der Waals surface area contributed by atoms with Crippen molar-refractivity contribution in [2.75, 3.05) is 19.8 Å². The van der Waals surface area contributed by atoms with Crippen LogP contribution in [0.2, 0.25) is 0 Å². The molecule has 3 aromatic rings. The molecule has 2 N–H and O–H groups in total. The Balaban J connectivity index is 1.34. The van der Waals surface area contributed by atoms with Crippen LogP contribution in [0.5, 0.6) is 5.75 Å². The summed E-state index contributed by atoms with van der Waals surface area (Å²) in [5.74, 6) is -1.20. The minimum absolute atomic E-state index is 0.0351. The van der Waals surface area contributed by atoms with Crippen LogP contribution in [0.15, 0.2) is 72.8 Å². The summed E-state index contributed by atoms with van der Waals surface area (Å²) in [5, 5.41) is 11.3. The fourth-order valence-corrected chi connectivity index (χ4v) is 4.48. The summed E-state index contributed by atoms with van der Waals surface area (Å²) >= 11 is 0. The Hall–Kier alpha value is -4.37. The molecule has 0 spiro atoms. The minimum atomic E-state index is -1.08. The maximum absolute atomic E-state index is 13.0. The summed E-state index contributed by atoms with van der Waals surface area (Å²) in [4.78, 5) is 36.5. The van der Waals surface area contributed by atoms with E-state index in [2.05, 4.69) is 17.4 Å². The molecule has 0 saturated heterocycles. The van der Waals surface area contributed by atoms with E-state index in [1.54, 1.807) is 24.3 Å². The summed E-state index contributed by atoms with van der Waals surface area (Å²) in [7, 11) is 0. The van der Waals surface area contributed by atoms with Crippen LogP contribution in [0, 0.1) is 0 Å². The Bertz CT molecular complexity index is 1320. The molecule has 1 aliphatic carbocycles. The first-order valence-electron chi connectivity index (χ1n) is 13.5. The third-order valence-electron chi connectivity index (χ3n) is 6.49. The number of aliphatic carboxylic acids is 1. The SMILES string of the molecule is CC(C)(C)OC[C@H](NC(=O)OCC1c2ccccc2-c2ccccc21)C(=O)OCc1ccc(OCCC(=O)O)cc1. The number of ether oxygens (including phenoxy) is 4. The number of carboxylic acid groups (broad SMARTS) is 1. The van der Waals surface area contributed by atoms with Crippen LogP contribution in [0.3, 0.4) is 0 Å². The van der Waals surface area contributed by atoms with E-state index >= 15 is 0 Å². The number of carbonyl (C=O) groups is 3. The Labute approximate surface area is 239 Å². The van der Waals surface area contributed by atoms with E-state index in [4.69, 9.17) is 24.1 Å². The first kappa shape index (κ1) is 29.6. The van der Waals surface area contributed by atoms with E-state index in [0.29, 0.717) is 11.3 Å². The highest BCUT2D eigenvalue weighted by Gasteiger charge is 2.30. The zero-order chi connectivity index (χ0) is 29.4. The van der Waals surface area contributed by atoms with Crippen LogP contribution in [0.25, 0.3) is 11.1 Å². The second-order valence-electron chi connectivity index (χ2n) is 10.7. The monoisotopic (exact) mass is 561 g/mol. The van der Waals surface area contributed by atoms with Gasteiger partial charge < -0.3 is 29.4 Å². The average Bonchev–Trinajstić information content (AvgIpc) is 3.26. The maximum Gasteiger partial charge on any atom is 0.407 e. The molecule has 1 aliphatic rings. The number of benzene rings is 3. The standard InChI is InChI=1S/C32H35NO8/c1-32(2,3)41-20-28(30(36)39-18-21-12-14-22(15-13-21)38-17-16-29(34)35)33-31(37)40-19-27-25-10-6-4-8-23(25)24-9-5-7-11-26(24)27/h4-15,27-28H,16-20H2,1-3H3,(H,33,37)(H,34,35)/t28-/m0/s1. The molecule has 9 nitrogen and oxygen atoms in total. The smallest absolute Gasteiger partial charge is 0.407 e. The summed E-state index contributed by atoms with van der Waals surface area (Å²) < 4.78 is 22.2. The quantitative estimate of drug-likeness (QED) is 0.286. The average molecular weight is 562 g/mol. The lowest BCUT2D eigenvalue weighted by atomic mass is 9.98. The molecule has 0 radical (unpaired) electrons. The van der Waals surface area contributed by atoms with Gasteiger partial charge in [0.15, 0.2) is 6.04 Å². The molecule has 1 atom stereocenters. The van der Waals surface area contributed by atoms with Crippen LogP contribution in [-0.4, -0.2) is 54.6 Å². The molecular weight excluding hydrogens is 526 g/mol. The molecule has 1 amide bonds. The molecule has 0 aromatic heterocycles. The number of fused-ring (bicyclic) bond motifs is 3. The van der Waals surface area contributed by atoms with Gasteiger partial charge in [-0.25, -0.2) is 9.59 Å². The van der Waals surface area contributed by atoms with Gasteiger partial charge in [0.2, 0.25) is 0 Å². The van der Waals surface area contributed by atoms with Crippen LogP contribution in [0.1, 0.15) is 49.8 Å². The Morgan fingerprint density at radius 1 is 0.878 bits per heavy atom. The maximum atomic E-state index is 13.0. The lowest BCUT2D eigenvalue weighted by Gasteiger charge is -2.24. The van der Waals surface area contributed by atoms with Crippen molar-refractivity contribution in [1.82, 2.24) is 5.32 Å². The van der Waals surface area contributed by atoms with Gasteiger partial charge in [-0.3, -0.25) is 4.79 Å². The van der Waals surface area contributed by atoms with Gasteiger partial charge in [-0.2, -0.15) is 0 Å². The molecule has 0 heterocycles. The number of carbonyl (C=O) groups excluding carboxylic acids is 2. The highest BCUT2D eigenvalue weighted by Crippen LogP contribution is 2.44. The highest BCUT2D eigenvalue weighted by atomic mass is 16.6. The fourth-order valence-electron chi connectivity index (χ4n) is 4.48. The normalized spacial score (nSPS) is 13.0. The molecule has 0 unspecified atom stereocenters. The van der Waals surface area contributed by atoms with Crippen LogP contribution >= 0.6 is 0 Å². The van der Waals surface area contributed by atoms with Gasteiger partial charge in [-0.15, -0.1) is 0 Å². The highest BCUT2D eigenvalue weighted by molar-refractivity contribution is 5.82. The minimum Gasteiger partial charge on any atom is -0.493 e. The summed E-state index contributed by atoms with van der Waals surface area (Å²) in [5.41, 5.74) is 4.57. The Morgan fingerprint density at radius 3 is 2.07 bits per heavy atom. The number of hydrogen-bond acceptors (Lipinski definition) is 7. The van der Waals surface area contributed by atoms with Crippen LogP contribution < -0.4 is 10.1 Å². The van der Waals surface area contributed by atoms with Gasteiger partial charge in [0.05, 0.1) is 25.2 Å². The van der Waals surface area contributed by atoms with Crippen molar-refractivity contribution >= 4 is 18.0 Å². The molecule has 0 saturated carbocycles. The van der Waals surface area contributed by atoms with Gasteiger partial charge in [-0.05, 0) is 60.7 Å². The number of carboxylic acids is 1. The van der Waals surface area contributed by atoms with Crippen molar-refractivity contribution < 1.29 is 38.4 Å². The Kier molecular flexibility index (Phi) is 9.62. The predicted octanol–water partition coefficient (Wildman–Crippen LogP) is 5.31. The van der Waals surface area contributed by atoms with Crippen LogP contribution in [0.4, 0.5) is 4.79 Å². The topological polar surface area (TPSA) is 120 Å². The second kappa shape index (κ2) is 13.3. The molecule has 0 aliphatic heterocycles. The summed E-state index contributed by atoms with van der Waals surface area (Å²) in [6, 6.07) is 21.8. The second-order valence-corrected chi connectivity index (χ2v) is 10.7. The molecule has 0 fully saturated rings. The van der Waals surface area contributed by atoms with Crippen molar-refractivity contribution in [1.29, 1.82) is 0 Å². The van der Waals surface area contributed by atoms with Gasteiger partial charge >= 0.3 is 18.0 Å². The van der Waals surface area contributed by atoms with Crippen molar-refractivity contribution in [3.63, 3.8) is 0 Å². The van der Waals surface area contributed by atoms with Crippen molar-refractivity contribution in [3.05, 3.63) is 89.5 Å². The summed E-state index contributed by atoms with van der Waals surface area (Å²) in [6.07, 6.45) is -0.845. The number of alkyl carbamates (subject to hydrolysis) is 1. The van der Waals surface area contributed by atoms with E-state index < -0.39 is 29.7 Å². The number of esters is 1. The van der Waals surface area contributed by atoms with Crippen LogP contribution in [-0.2, 0) is 30.4 Å². The van der Waals surface area contributed by atoms with E-state index in [1.165, 1.54) is 0 Å². The fraction of sp³-hybridized carbons (Fsp3) is 0.344. The van der Waals surface area contributed by atoms with E-state index in [0.717, 1.165) is 22.3 Å². The van der Waals surface area contributed by atoms with Gasteiger partial charge in [0.1, 0.15) is 19.0 Å². The zero-order valence-corrected chi connectivity index (χ0v) is 23.4. The number of amides is 1. The summed E-state index contributed by atoms with van der Waals surface area (Å²) in [6.45, 7) is 5.59.